The molecule has 1 atom stereocenters. The molecule has 0 bridgehead atoms. The van der Waals surface area contributed by atoms with Crippen molar-refractivity contribution in [2.24, 2.45) is 0 Å². The molecule has 1 saturated carbocycles. The number of carbonyl (C=O) groups is 1. The molecule has 0 radical (unpaired) electrons. The molecule has 1 fully saturated rings. The van der Waals surface area contributed by atoms with E-state index in [2.05, 4.69) is 5.32 Å². The summed E-state index contributed by atoms with van der Waals surface area (Å²) in [5.41, 5.74) is 0.443. The van der Waals surface area contributed by atoms with Crippen LogP contribution in [0.2, 0.25) is 0 Å². The Labute approximate surface area is 123 Å². The van der Waals surface area contributed by atoms with Gasteiger partial charge in [0.05, 0.1) is 7.11 Å². The first-order chi connectivity index (χ1) is 9.61. The minimum atomic E-state index is -0.877. The maximum atomic E-state index is 13.6. The minimum Gasteiger partial charge on any atom is -0.494 e. The largest absolute Gasteiger partial charge is 0.494 e. The van der Waals surface area contributed by atoms with Gasteiger partial charge in [-0.15, -0.1) is 11.6 Å². The molecule has 2 rings (SSSR count). The number of benzene rings is 1. The summed E-state index contributed by atoms with van der Waals surface area (Å²) in [6.07, 6.45) is 5.48. The molecular formula is C15H19ClFNO2. The number of halogens is 2. The first-order valence-electron chi connectivity index (χ1n) is 6.89. The van der Waals surface area contributed by atoms with Gasteiger partial charge >= 0.3 is 0 Å². The van der Waals surface area contributed by atoms with E-state index in [1.807, 2.05) is 0 Å². The summed E-state index contributed by atoms with van der Waals surface area (Å²) in [7, 11) is 1.39. The lowest BCUT2D eigenvalue weighted by atomic mass is 9.95. The first-order valence-corrected chi connectivity index (χ1v) is 7.33. The second-order valence-corrected chi connectivity index (χ2v) is 5.54. The Bertz CT molecular complexity index is 475. The van der Waals surface area contributed by atoms with Gasteiger partial charge in [0.25, 0.3) is 0 Å². The Kier molecular flexibility index (Phi) is 5.24. The van der Waals surface area contributed by atoms with Crippen LogP contribution in [0.5, 0.6) is 5.75 Å². The molecule has 1 amide bonds. The zero-order valence-corrected chi connectivity index (χ0v) is 12.3. The van der Waals surface area contributed by atoms with Gasteiger partial charge in [-0.25, -0.2) is 4.39 Å². The molecular weight excluding hydrogens is 281 g/mol. The molecule has 1 aliphatic carbocycles. The van der Waals surface area contributed by atoms with Gasteiger partial charge in [0, 0.05) is 6.04 Å². The Balaban J connectivity index is 2.00. The zero-order chi connectivity index (χ0) is 14.5. The molecule has 110 valence electrons. The summed E-state index contributed by atoms with van der Waals surface area (Å²) in [6.45, 7) is 0. The quantitative estimate of drug-likeness (QED) is 0.863. The van der Waals surface area contributed by atoms with Crippen molar-refractivity contribution in [3.05, 3.63) is 29.6 Å². The van der Waals surface area contributed by atoms with Crippen molar-refractivity contribution >= 4 is 17.5 Å². The van der Waals surface area contributed by atoms with Gasteiger partial charge in [0.1, 0.15) is 5.38 Å². The third kappa shape index (κ3) is 3.63. The van der Waals surface area contributed by atoms with Crippen LogP contribution in [-0.4, -0.2) is 19.1 Å². The van der Waals surface area contributed by atoms with Crippen LogP contribution in [0.25, 0.3) is 0 Å². The fourth-order valence-corrected chi connectivity index (χ4v) is 2.71. The Morgan fingerprint density at radius 1 is 1.40 bits per heavy atom. The molecule has 1 aromatic carbocycles. The average molecular weight is 300 g/mol. The Hall–Kier alpha value is -1.29. The fourth-order valence-electron chi connectivity index (χ4n) is 2.51. The van der Waals surface area contributed by atoms with Crippen LogP contribution in [-0.2, 0) is 4.79 Å². The molecule has 0 aliphatic heterocycles. The molecule has 0 aromatic heterocycles. The predicted molar refractivity (Wildman–Crippen MR) is 76.6 cm³/mol. The Morgan fingerprint density at radius 2 is 2.10 bits per heavy atom. The molecule has 3 nitrogen and oxygen atoms in total. The normalized spacial score (nSPS) is 17.6. The number of hydrogen-bond donors (Lipinski definition) is 1. The van der Waals surface area contributed by atoms with Crippen LogP contribution in [0.4, 0.5) is 4.39 Å². The van der Waals surface area contributed by atoms with Crippen molar-refractivity contribution in [2.75, 3.05) is 7.11 Å². The van der Waals surface area contributed by atoms with E-state index < -0.39 is 11.2 Å². The summed E-state index contributed by atoms with van der Waals surface area (Å²) < 4.78 is 18.5. The maximum Gasteiger partial charge on any atom is 0.242 e. The molecule has 0 spiro atoms. The zero-order valence-electron chi connectivity index (χ0n) is 11.5. The highest BCUT2D eigenvalue weighted by Gasteiger charge is 2.23. The first kappa shape index (κ1) is 15.1. The summed E-state index contributed by atoms with van der Waals surface area (Å²) in [4.78, 5) is 12.1. The lowest BCUT2D eigenvalue weighted by Crippen LogP contribution is -2.38. The highest BCUT2D eigenvalue weighted by atomic mass is 35.5. The van der Waals surface area contributed by atoms with Gasteiger partial charge in [-0.2, -0.15) is 0 Å². The van der Waals surface area contributed by atoms with Crippen molar-refractivity contribution in [3.63, 3.8) is 0 Å². The Morgan fingerprint density at radius 3 is 2.70 bits per heavy atom. The van der Waals surface area contributed by atoms with Crippen molar-refractivity contribution in [1.29, 1.82) is 0 Å². The van der Waals surface area contributed by atoms with Crippen molar-refractivity contribution in [1.82, 2.24) is 5.32 Å². The van der Waals surface area contributed by atoms with E-state index in [9.17, 15) is 9.18 Å². The number of nitrogens with one attached hydrogen (secondary N) is 1. The maximum absolute atomic E-state index is 13.6. The van der Waals surface area contributed by atoms with Gasteiger partial charge < -0.3 is 10.1 Å². The number of rotatable bonds is 4. The van der Waals surface area contributed by atoms with Crippen molar-refractivity contribution < 1.29 is 13.9 Å². The smallest absolute Gasteiger partial charge is 0.242 e. The number of amides is 1. The van der Waals surface area contributed by atoms with Crippen molar-refractivity contribution in [2.45, 2.75) is 43.5 Å². The number of ether oxygens (including phenoxy) is 1. The topological polar surface area (TPSA) is 38.3 Å². The number of alkyl halides is 1. The molecule has 1 unspecified atom stereocenters. The van der Waals surface area contributed by atoms with E-state index in [-0.39, 0.29) is 17.7 Å². The summed E-state index contributed by atoms with van der Waals surface area (Å²) >= 11 is 6.12. The van der Waals surface area contributed by atoms with E-state index in [1.165, 1.54) is 25.7 Å². The number of methoxy groups -OCH3 is 1. The highest BCUT2D eigenvalue weighted by molar-refractivity contribution is 6.30. The van der Waals surface area contributed by atoms with Gasteiger partial charge in [-0.1, -0.05) is 25.3 Å². The second kappa shape index (κ2) is 6.93. The molecule has 1 N–H and O–H groups in total. The predicted octanol–water partition coefficient (Wildman–Crippen LogP) is 3.56. The van der Waals surface area contributed by atoms with E-state index in [0.29, 0.717) is 5.56 Å². The summed E-state index contributed by atoms with van der Waals surface area (Å²) in [5.74, 6) is -0.630. The SMILES string of the molecule is COc1ccc(C(Cl)C(=O)NC2CCCCC2)cc1F. The fraction of sp³-hybridized carbons (Fsp3) is 0.533. The van der Waals surface area contributed by atoms with Crippen LogP contribution < -0.4 is 10.1 Å². The van der Waals surface area contributed by atoms with E-state index in [0.717, 1.165) is 25.7 Å². The third-order valence-corrected chi connectivity index (χ3v) is 4.10. The van der Waals surface area contributed by atoms with Gasteiger partial charge in [0.2, 0.25) is 5.91 Å². The molecule has 20 heavy (non-hydrogen) atoms. The summed E-state index contributed by atoms with van der Waals surface area (Å²) in [5, 5.41) is 2.06. The minimum absolute atomic E-state index is 0.144. The summed E-state index contributed by atoms with van der Waals surface area (Å²) in [6, 6.07) is 4.53. The lowest BCUT2D eigenvalue weighted by molar-refractivity contribution is -0.121. The van der Waals surface area contributed by atoms with Gasteiger partial charge in [-0.3, -0.25) is 4.79 Å². The van der Waals surface area contributed by atoms with Crippen LogP contribution >= 0.6 is 11.6 Å². The van der Waals surface area contributed by atoms with Gasteiger partial charge in [0.15, 0.2) is 11.6 Å². The third-order valence-electron chi connectivity index (χ3n) is 3.65. The molecule has 5 heteroatoms. The van der Waals surface area contributed by atoms with Crippen LogP contribution in [0.1, 0.15) is 43.0 Å². The van der Waals surface area contributed by atoms with Crippen LogP contribution in [0, 0.1) is 5.82 Å². The number of hydrogen-bond acceptors (Lipinski definition) is 2. The van der Waals surface area contributed by atoms with Crippen LogP contribution in [0.3, 0.4) is 0 Å². The van der Waals surface area contributed by atoms with Crippen molar-refractivity contribution in [3.8, 4) is 5.75 Å². The molecule has 0 saturated heterocycles. The molecule has 1 aliphatic rings. The molecule has 1 aromatic rings. The monoisotopic (exact) mass is 299 g/mol. The van der Waals surface area contributed by atoms with E-state index in [4.69, 9.17) is 16.3 Å². The second-order valence-electron chi connectivity index (χ2n) is 5.10. The standard InChI is InChI=1S/C15H19ClFNO2/c1-20-13-8-7-10(9-12(13)17)14(16)15(19)18-11-5-3-2-4-6-11/h7-9,11,14H,2-6H2,1H3,(H,18,19). The van der Waals surface area contributed by atoms with Crippen LogP contribution in [0.15, 0.2) is 18.2 Å². The molecule has 0 heterocycles. The van der Waals surface area contributed by atoms with Gasteiger partial charge in [-0.05, 0) is 30.5 Å². The van der Waals surface area contributed by atoms with E-state index >= 15 is 0 Å². The highest BCUT2D eigenvalue weighted by Crippen LogP contribution is 2.27. The number of carbonyl (C=O) groups excluding carboxylic acids is 1. The lowest BCUT2D eigenvalue weighted by Gasteiger charge is -2.24. The van der Waals surface area contributed by atoms with E-state index in [1.54, 1.807) is 6.07 Å². The average Bonchev–Trinajstić information content (AvgIpc) is 2.47.